The number of pyridine rings is 1. The highest BCUT2D eigenvalue weighted by atomic mass is 16.6. The molecule has 0 aliphatic carbocycles. The summed E-state index contributed by atoms with van der Waals surface area (Å²) in [7, 11) is 1.25. The number of ether oxygens (including phenoxy) is 1. The lowest BCUT2D eigenvalue weighted by Gasteiger charge is -2.12. The molecule has 1 atom stereocenters. The summed E-state index contributed by atoms with van der Waals surface area (Å²) in [5.74, 6) is -1.12. The Kier molecular flexibility index (Phi) is 4.55. The van der Waals surface area contributed by atoms with Gasteiger partial charge in [0.25, 0.3) is 0 Å². The predicted molar refractivity (Wildman–Crippen MR) is 62.6 cm³/mol. The van der Waals surface area contributed by atoms with E-state index < -0.39 is 17.0 Å². The maximum atomic E-state index is 10.8. The van der Waals surface area contributed by atoms with Crippen LogP contribution in [0.3, 0.4) is 0 Å². The first-order chi connectivity index (χ1) is 8.45. The van der Waals surface area contributed by atoms with Gasteiger partial charge < -0.3 is 15.2 Å². The highest BCUT2D eigenvalue weighted by Crippen LogP contribution is 2.21. The van der Waals surface area contributed by atoms with E-state index in [0.29, 0.717) is 5.69 Å². The van der Waals surface area contributed by atoms with Gasteiger partial charge in [-0.05, 0) is 13.0 Å². The largest absolute Gasteiger partial charge is 0.479 e. The molecular formula is C10H13N3O5. The molecule has 1 heterocycles. The number of aromatic nitrogens is 1. The van der Waals surface area contributed by atoms with E-state index in [2.05, 4.69) is 10.3 Å². The van der Waals surface area contributed by atoms with Gasteiger partial charge in [-0.2, -0.15) is 0 Å². The molecule has 1 aromatic heterocycles. The molecule has 0 aliphatic rings. The van der Waals surface area contributed by atoms with Crippen LogP contribution < -0.4 is 5.32 Å². The summed E-state index contributed by atoms with van der Waals surface area (Å²) in [5.41, 5.74) is 0.383. The number of nitro groups is 1. The van der Waals surface area contributed by atoms with Gasteiger partial charge in [0.05, 0.1) is 11.5 Å². The predicted octanol–water partition coefficient (Wildman–Crippen LogP) is 0.810. The maximum absolute atomic E-state index is 10.8. The fourth-order valence-corrected chi connectivity index (χ4v) is 1.29. The number of hydrogen-bond donors (Lipinski definition) is 2. The fourth-order valence-electron chi connectivity index (χ4n) is 1.29. The van der Waals surface area contributed by atoms with Gasteiger partial charge in [0.2, 0.25) is 5.82 Å². The van der Waals surface area contributed by atoms with Crippen LogP contribution in [0.2, 0.25) is 0 Å². The number of hydrogen-bond acceptors (Lipinski definition) is 6. The second kappa shape index (κ2) is 5.92. The van der Waals surface area contributed by atoms with Crippen molar-refractivity contribution in [3.05, 3.63) is 27.9 Å². The third kappa shape index (κ3) is 3.39. The molecule has 1 unspecified atom stereocenters. The highest BCUT2D eigenvalue weighted by molar-refractivity contribution is 5.73. The summed E-state index contributed by atoms with van der Waals surface area (Å²) in [4.78, 5) is 24.9. The molecule has 0 spiro atoms. The molecule has 98 valence electrons. The van der Waals surface area contributed by atoms with E-state index in [9.17, 15) is 14.9 Å². The molecule has 18 heavy (non-hydrogen) atoms. The van der Waals surface area contributed by atoms with Crippen molar-refractivity contribution in [1.82, 2.24) is 4.98 Å². The van der Waals surface area contributed by atoms with Gasteiger partial charge in [-0.3, -0.25) is 10.1 Å². The second-order valence-corrected chi connectivity index (χ2v) is 3.52. The number of carboxylic acid groups (broad SMARTS) is 1. The van der Waals surface area contributed by atoms with Crippen molar-refractivity contribution in [1.29, 1.82) is 0 Å². The lowest BCUT2D eigenvalue weighted by Crippen LogP contribution is -2.30. The van der Waals surface area contributed by atoms with E-state index in [4.69, 9.17) is 9.84 Å². The van der Waals surface area contributed by atoms with Crippen molar-refractivity contribution >= 4 is 17.5 Å². The number of anilines is 1. The van der Waals surface area contributed by atoms with Crippen LogP contribution in [0.4, 0.5) is 11.5 Å². The molecule has 0 radical (unpaired) electrons. The van der Waals surface area contributed by atoms with Crippen LogP contribution in [0, 0.1) is 17.0 Å². The fraction of sp³-hybridized carbons (Fsp3) is 0.400. The molecule has 8 nitrogen and oxygen atoms in total. The van der Waals surface area contributed by atoms with Crippen molar-refractivity contribution < 1.29 is 19.6 Å². The average molecular weight is 255 g/mol. The Morgan fingerprint density at radius 2 is 2.33 bits per heavy atom. The zero-order valence-corrected chi connectivity index (χ0v) is 9.91. The summed E-state index contributed by atoms with van der Waals surface area (Å²) in [5, 5.41) is 22.1. The van der Waals surface area contributed by atoms with E-state index in [1.807, 2.05) is 0 Å². The lowest BCUT2D eigenvalue weighted by molar-refractivity contribution is -0.384. The second-order valence-electron chi connectivity index (χ2n) is 3.52. The van der Waals surface area contributed by atoms with Gasteiger partial charge >= 0.3 is 11.7 Å². The first kappa shape index (κ1) is 13.8. The molecule has 0 aromatic carbocycles. The molecule has 0 saturated heterocycles. The molecule has 0 aliphatic heterocycles. The van der Waals surface area contributed by atoms with E-state index in [1.165, 1.54) is 19.2 Å². The number of nitrogens with one attached hydrogen (secondary N) is 1. The molecule has 2 N–H and O–H groups in total. The number of carboxylic acids is 1. The zero-order chi connectivity index (χ0) is 13.7. The Hall–Kier alpha value is -2.22. The number of nitrogens with zero attached hydrogens (tertiary/aromatic N) is 2. The summed E-state index contributed by atoms with van der Waals surface area (Å²) in [6.45, 7) is 1.57. The van der Waals surface area contributed by atoms with Crippen LogP contribution in [0.25, 0.3) is 0 Å². The SMILES string of the molecule is COC(CNc1nc(C)ccc1[N+](=O)[O-])C(=O)O. The normalized spacial score (nSPS) is 11.9. The minimum atomic E-state index is -1.15. The minimum Gasteiger partial charge on any atom is -0.479 e. The van der Waals surface area contributed by atoms with Crippen molar-refractivity contribution in [2.45, 2.75) is 13.0 Å². The van der Waals surface area contributed by atoms with Crippen LogP contribution in [0.1, 0.15) is 5.69 Å². The number of aliphatic carboxylic acids is 1. The van der Waals surface area contributed by atoms with E-state index in [1.54, 1.807) is 6.92 Å². The Balaban J connectivity index is 2.86. The molecule has 1 rings (SSSR count). The van der Waals surface area contributed by atoms with E-state index in [-0.39, 0.29) is 18.1 Å². The van der Waals surface area contributed by atoms with Crippen molar-refractivity contribution in [3.63, 3.8) is 0 Å². The minimum absolute atomic E-state index is 0.0308. The first-order valence-corrected chi connectivity index (χ1v) is 5.07. The first-order valence-electron chi connectivity index (χ1n) is 5.07. The Bertz CT molecular complexity index is 463. The van der Waals surface area contributed by atoms with Crippen LogP contribution in [-0.4, -0.2) is 40.7 Å². The van der Waals surface area contributed by atoms with E-state index in [0.717, 1.165) is 0 Å². The van der Waals surface area contributed by atoms with Crippen molar-refractivity contribution in [3.8, 4) is 0 Å². The average Bonchev–Trinajstić information content (AvgIpc) is 2.29. The highest BCUT2D eigenvalue weighted by Gasteiger charge is 2.20. The Morgan fingerprint density at radius 1 is 1.67 bits per heavy atom. The quantitative estimate of drug-likeness (QED) is 0.570. The Morgan fingerprint density at radius 3 is 2.83 bits per heavy atom. The summed E-state index contributed by atoms with van der Waals surface area (Å²) < 4.78 is 4.70. The van der Waals surface area contributed by atoms with Gasteiger partial charge in [0, 0.05) is 18.9 Å². The third-order valence-electron chi connectivity index (χ3n) is 2.22. The standard InChI is InChI=1S/C10H13N3O5/c1-6-3-4-7(13(16)17)9(12-6)11-5-8(18-2)10(14)15/h3-4,8H,5H2,1-2H3,(H,11,12)(H,14,15). The molecule has 1 aromatic rings. The topological polar surface area (TPSA) is 115 Å². The molecule has 8 heteroatoms. The monoisotopic (exact) mass is 255 g/mol. The number of carbonyl (C=O) groups is 1. The molecule has 0 saturated carbocycles. The summed E-state index contributed by atoms with van der Waals surface area (Å²) >= 11 is 0. The number of rotatable bonds is 6. The van der Waals surface area contributed by atoms with Crippen LogP contribution in [0.5, 0.6) is 0 Å². The number of aryl methyl sites for hydroxylation is 1. The smallest absolute Gasteiger partial charge is 0.334 e. The van der Waals surface area contributed by atoms with Crippen molar-refractivity contribution in [2.24, 2.45) is 0 Å². The zero-order valence-electron chi connectivity index (χ0n) is 9.91. The van der Waals surface area contributed by atoms with Gasteiger partial charge in [-0.15, -0.1) is 0 Å². The van der Waals surface area contributed by atoms with Gasteiger partial charge in [-0.25, -0.2) is 9.78 Å². The molecule has 0 amide bonds. The lowest BCUT2D eigenvalue weighted by atomic mass is 10.3. The van der Waals surface area contributed by atoms with Gasteiger partial charge in [0.1, 0.15) is 0 Å². The Labute approximate surface area is 103 Å². The summed E-state index contributed by atoms with van der Waals surface area (Å²) in [6.07, 6.45) is -1.09. The summed E-state index contributed by atoms with van der Waals surface area (Å²) in [6, 6.07) is 2.82. The van der Waals surface area contributed by atoms with Crippen LogP contribution >= 0.6 is 0 Å². The molecule has 0 bridgehead atoms. The maximum Gasteiger partial charge on any atom is 0.334 e. The van der Waals surface area contributed by atoms with Gasteiger partial charge in [-0.1, -0.05) is 0 Å². The number of methoxy groups -OCH3 is 1. The van der Waals surface area contributed by atoms with E-state index >= 15 is 0 Å². The molecular weight excluding hydrogens is 242 g/mol. The molecule has 0 fully saturated rings. The van der Waals surface area contributed by atoms with Crippen LogP contribution in [0.15, 0.2) is 12.1 Å². The van der Waals surface area contributed by atoms with Crippen molar-refractivity contribution in [2.75, 3.05) is 19.0 Å². The van der Waals surface area contributed by atoms with Gasteiger partial charge in [0.15, 0.2) is 6.10 Å². The third-order valence-corrected chi connectivity index (χ3v) is 2.22. The van der Waals surface area contributed by atoms with Crippen LogP contribution in [-0.2, 0) is 9.53 Å².